The molecule has 0 aromatic heterocycles. The number of rotatable bonds is 6. The van der Waals surface area contributed by atoms with E-state index >= 15 is 0 Å². The molecule has 0 amide bonds. The normalized spacial score (nSPS) is 10.9. The Bertz CT molecular complexity index is 280. The second-order valence-electron chi connectivity index (χ2n) is 4.04. The molecule has 1 rings (SSSR count). The van der Waals surface area contributed by atoms with Crippen molar-refractivity contribution in [2.45, 2.75) is 40.2 Å². The van der Waals surface area contributed by atoms with E-state index in [0.29, 0.717) is 0 Å². The second-order valence-corrected chi connectivity index (χ2v) is 4.04. The fourth-order valence-electron chi connectivity index (χ4n) is 1.87. The van der Waals surface area contributed by atoms with E-state index in [1.165, 1.54) is 24.1 Å². The first kappa shape index (κ1) is 12.3. The summed E-state index contributed by atoms with van der Waals surface area (Å²) >= 11 is 0. The zero-order valence-corrected chi connectivity index (χ0v) is 10.3. The van der Waals surface area contributed by atoms with Gasteiger partial charge in [0, 0.05) is 6.54 Å². The van der Waals surface area contributed by atoms with Gasteiger partial charge in [-0.05, 0) is 37.1 Å². The fraction of sp³-hybridized carbons (Fsp3) is 0.571. The van der Waals surface area contributed by atoms with Crippen LogP contribution < -0.4 is 0 Å². The minimum absolute atomic E-state index is 1.10. The first-order chi connectivity index (χ1) is 7.30. The van der Waals surface area contributed by atoms with Crippen molar-refractivity contribution in [3.05, 3.63) is 35.4 Å². The predicted molar refractivity (Wildman–Crippen MR) is 67.1 cm³/mol. The topological polar surface area (TPSA) is 3.24 Å². The second kappa shape index (κ2) is 6.62. The van der Waals surface area contributed by atoms with Gasteiger partial charge in [-0.25, -0.2) is 0 Å². The van der Waals surface area contributed by atoms with Crippen LogP contribution >= 0.6 is 0 Å². The summed E-state index contributed by atoms with van der Waals surface area (Å²) in [5, 5.41) is 0. The van der Waals surface area contributed by atoms with E-state index in [0.717, 1.165) is 19.5 Å². The summed E-state index contributed by atoms with van der Waals surface area (Å²) in [7, 11) is 0. The number of hydrogen-bond donors (Lipinski definition) is 0. The third-order valence-electron chi connectivity index (χ3n) is 2.79. The Balaban J connectivity index is 2.61. The zero-order chi connectivity index (χ0) is 11.1. The number of hydrogen-bond acceptors (Lipinski definition) is 1. The van der Waals surface area contributed by atoms with Crippen molar-refractivity contribution in [3.8, 4) is 0 Å². The monoisotopic (exact) mass is 205 g/mol. The predicted octanol–water partition coefficient (Wildman–Crippen LogP) is 3.48. The Morgan fingerprint density at radius 3 is 2.40 bits per heavy atom. The van der Waals surface area contributed by atoms with Crippen LogP contribution in [-0.4, -0.2) is 18.0 Å². The molecule has 84 valence electrons. The van der Waals surface area contributed by atoms with Crippen LogP contribution in [0.3, 0.4) is 0 Å². The Morgan fingerprint density at radius 2 is 1.80 bits per heavy atom. The molecule has 0 unspecified atom stereocenters. The number of nitrogens with zero attached hydrogens (tertiary/aromatic N) is 1. The minimum Gasteiger partial charge on any atom is -0.299 e. The third kappa shape index (κ3) is 4.05. The van der Waals surface area contributed by atoms with Crippen LogP contribution in [0.2, 0.25) is 0 Å². The molecule has 0 aliphatic rings. The molecule has 1 heteroatoms. The fourth-order valence-corrected chi connectivity index (χ4v) is 1.87. The smallest absolute Gasteiger partial charge is 0.0233 e. The molecule has 0 saturated heterocycles. The summed E-state index contributed by atoms with van der Waals surface area (Å²) in [6, 6.07) is 8.95. The highest BCUT2D eigenvalue weighted by molar-refractivity contribution is 5.23. The van der Waals surface area contributed by atoms with Crippen LogP contribution in [0.25, 0.3) is 0 Å². The van der Waals surface area contributed by atoms with Crippen LogP contribution in [0, 0.1) is 0 Å². The molecule has 0 spiro atoms. The molecular formula is C14H23N. The van der Waals surface area contributed by atoms with Crippen LogP contribution in [-0.2, 0) is 13.0 Å². The molecule has 0 aliphatic heterocycles. The molecule has 0 radical (unpaired) electrons. The highest BCUT2D eigenvalue weighted by Gasteiger charge is 2.02. The maximum atomic E-state index is 2.49. The van der Waals surface area contributed by atoms with Crippen molar-refractivity contribution >= 4 is 0 Å². The van der Waals surface area contributed by atoms with Crippen LogP contribution in [0.15, 0.2) is 24.3 Å². The van der Waals surface area contributed by atoms with E-state index in [4.69, 9.17) is 0 Å². The van der Waals surface area contributed by atoms with Crippen molar-refractivity contribution in [1.29, 1.82) is 0 Å². The van der Waals surface area contributed by atoms with Gasteiger partial charge in [-0.15, -0.1) is 0 Å². The lowest BCUT2D eigenvalue weighted by atomic mass is 10.1. The number of benzene rings is 1. The molecule has 0 fully saturated rings. The summed E-state index contributed by atoms with van der Waals surface area (Å²) in [4.78, 5) is 2.49. The maximum Gasteiger partial charge on any atom is 0.0233 e. The molecular weight excluding hydrogens is 182 g/mol. The Hall–Kier alpha value is -0.820. The largest absolute Gasteiger partial charge is 0.299 e. The molecule has 0 saturated carbocycles. The molecule has 1 nitrogen and oxygen atoms in total. The van der Waals surface area contributed by atoms with E-state index in [-0.39, 0.29) is 0 Å². The lowest BCUT2D eigenvalue weighted by molar-refractivity contribution is 0.280. The van der Waals surface area contributed by atoms with Crippen LogP contribution in [0.1, 0.15) is 38.3 Å². The minimum atomic E-state index is 1.10. The molecule has 15 heavy (non-hydrogen) atoms. The van der Waals surface area contributed by atoms with Gasteiger partial charge in [0.05, 0.1) is 0 Å². The lowest BCUT2D eigenvalue weighted by Crippen LogP contribution is -2.23. The zero-order valence-electron chi connectivity index (χ0n) is 10.3. The first-order valence-corrected chi connectivity index (χ1v) is 6.10. The van der Waals surface area contributed by atoms with E-state index < -0.39 is 0 Å². The molecule has 0 bridgehead atoms. The maximum absolute atomic E-state index is 2.49. The highest BCUT2D eigenvalue weighted by Crippen LogP contribution is 2.09. The Morgan fingerprint density at radius 1 is 1.07 bits per heavy atom. The van der Waals surface area contributed by atoms with Gasteiger partial charge in [0.25, 0.3) is 0 Å². The quantitative estimate of drug-likeness (QED) is 0.687. The lowest BCUT2D eigenvalue weighted by Gasteiger charge is -2.19. The Kier molecular flexibility index (Phi) is 5.41. The van der Waals surface area contributed by atoms with Gasteiger partial charge in [0.2, 0.25) is 0 Å². The van der Waals surface area contributed by atoms with Gasteiger partial charge in [0.1, 0.15) is 0 Å². The van der Waals surface area contributed by atoms with Gasteiger partial charge in [-0.2, -0.15) is 0 Å². The molecule has 1 aromatic carbocycles. The number of aryl methyl sites for hydroxylation is 1. The van der Waals surface area contributed by atoms with Crippen molar-refractivity contribution in [3.63, 3.8) is 0 Å². The highest BCUT2D eigenvalue weighted by atomic mass is 15.1. The van der Waals surface area contributed by atoms with Gasteiger partial charge in [0.15, 0.2) is 0 Å². The van der Waals surface area contributed by atoms with Crippen LogP contribution in [0.5, 0.6) is 0 Å². The van der Waals surface area contributed by atoms with Crippen LogP contribution in [0.4, 0.5) is 0 Å². The van der Waals surface area contributed by atoms with Crippen molar-refractivity contribution in [1.82, 2.24) is 4.90 Å². The van der Waals surface area contributed by atoms with E-state index in [2.05, 4.69) is 49.9 Å². The summed E-state index contributed by atoms with van der Waals surface area (Å²) in [6.07, 6.45) is 2.37. The summed E-state index contributed by atoms with van der Waals surface area (Å²) in [5.74, 6) is 0. The molecule has 0 aliphatic carbocycles. The van der Waals surface area contributed by atoms with Gasteiger partial charge in [-0.3, -0.25) is 4.90 Å². The summed E-state index contributed by atoms with van der Waals surface area (Å²) in [5.41, 5.74) is 2.89. The SMILES string of the molecule is CCCN(CC)Cc1cccc(CC)c1. The molecule has 0 N–H and O–H groups in total. The average Bonchev–Trinajstić information content (AvgIpc) is 2.29. The van der Waals surface area contributed by atoms with Gasteiger partial charge >= 0.3 is 0 Å². The summed E-state index contributed by atoms with van der Waals surface area (Å²) < 4.78 is 0. The third-order valence-corrected chi connectivity index (χ3v) is 2.79. The molecule has 1 aromatic rings. The van der Waals surface area contributed by atoms with E-state index in [1.807, 2.05) is 0 Å². The van der Waals surface area contributed by atoms with Crippen molar-refractivity contribution in [2.75, 3.05) is 13.1 Å². The van der Waals surface area contributed by atoms with Crippen molar-refractivity contribution in [2.24, 2.45) is 0 Å². The molecule has 0 atom stereocenters. The van der Waals surface area contributed by atoms with E-state index in [1.54, 1.807) is 0 Å². The van der Waals surface area contributed by atoms with Gasteiger partial charge in [-0.1, -0.05) is 45.0 Å². The Labute approximate surface area is 94.1 Å². The van der Waals surface area contributed by atoms with Gasteiger partial charge < -0.3 is 0 Å². The molecule has 0 heterocycles. The average molecular weight is 205 g/mol. The standard InChI is InChI=1S/C14H23N/c1-4-10-15(6-3)12-14-9-7-8-13(5-2)11-14/h7-9,11H,4-6,10,12H2,1-3H3. The van der Waals surface area contributed by atoms with E-state index in [9.17, 15) is 0 Å². The van der Waals surface area contributed by atoms with Crippen molar-refractivity contribution < 1.29 is 0 Å². The summed E-state index contributed by atoms with van der Waals surface area (Å²) in [6.45, 7) is 10.1. The first-order valence-electron chi connectivity index (χ1n) is 6.10.